The second kappa shape index (κ2) is 8.62. The molecule has 0 atom stereocenters. The first-order chi connectivity index (χ1) is 13.5. The fraction of sp³-hybridized carbons (Fsp3) is 0.200. The van der Waals surface area contributed by atoms with E-state index in [2.05, 4.69) is 11.9 Å². The molecule has 0 radical (unpaired) electrons. The lowest BCUT2D eigenvalue weighted by atomic mass is 10.2. The van der Waals surface area contributed by atoms with E-state index in [1.54, 1.807) is 25.3 Å². The Labute approximate surface area is 165 Å². The van der Waals surface area contributed by atoms with E-state index in [1.807, 2.05) is 22.8 Å². The second-order valence-corrected chi connectivity index (χ2v) is 6.98. The quantitative estimate of drug-likeness (QED) is 0.355. The van der Waals surface area contributed by atoms with Gasteiger partial charge in [0.15, 0.2) is 4.80 Å². The summed E-state index contributed by atoms with van der Waals surface area (Å²) in [4.78, 5) is 27.4. The van der Waals surface area contributed by atoms with Crippen LogP contribution in [0.4, 0.5) is 5.69 Å². The molecular formula is C20H19N3O4S. The van der Waals surface area contributed by atoms with Crippen LogP contribution < -0.4 is 9.54 Å². The largest absolute Gasteiger partial charge is 0.495 e. The van der Waals surface area contributed by atoms with Gasteiger partial charge in [0.1, 0.15) is 11.3 Å². The molecule has 0 saturated heterocycles. The van der Waals surface area contributed by atoms with Crippen molar-refractivity contribution in [2.45, 2.75) is 19.9 Å². The average molecular weight is 397 g/mol. The van der Waals surface area contributed by atoms with E-state index in [0.29, 0.717) is 10.4 Å². The van der Waals surface area contributed by atoms with Crippen LogP contribution in [-0.2, 0) is 11.3 Å². The predicted octanol–water partition coefficient (Wildman–Crippen LogP) is 4.17. The summed E-state index contributed by atoms with van der Waals surface area (Å²) in [6, 6.07) is 11.7. The number of para-hydroxylation sites is 1. The van der Waals surface area contributed by atoms with Crippen LogP contribution in [0, 0.1) is 10.1 Å². The second-order valence-electron chi connectivity index (χ2n) is 5.98. The Kier molecular flexibility index (Phi) is 6.00. The fourth-order valence-corrected chi connectivity index (χ4v) is 3.86. The monoisotopic (exact) mass is 397 g/mol. The third-order valence-electron chi connectivity index (χ3n) is 4.06. The molecular weight excluding hydrogens is 378 g/mol. The van der Waals surface area contributed by atoms with E-state index in [0.717, 1.165) is 28.9 Å². The molecule has 8 heteroatoms. The first kappa shape index (κ1) is 19.5. The van der Waals surface area contributed by atoms with E-state index in [9.17, 15) is 14.9 Å². The van der Waals surface area contributed by atoms with E-state index < -0.39 is 10.8 Å². The van der Waals surface area contributed by atoms with Crippen molar-refractivity contribution in [2.24, 2.45) is 4.99 Å². The van der Waals surface area contributed by atoms with E-state index in [-0.39, 0.29) is 5.69 Å². The van der Waals surface area contributed by atoms with Crippen LogP contribution in [0.1, 0.15) is 18.9 Å². The number of amides is 1. The van der Waals surface area contributed by atoms with Gasteiger partial charge in [-0.2, -0.15) is 4.99 Å². The highest BCUT2D eigenvalue weighted by Crippen LogP contribution is 2.27. The van der Waals surface area contributed by atoms with Gasteiger partial charge in [0.25, 0.3) is 11.6 Å². The summed E-state index contributed by atoms with van der Waals surface area (Å²) in [5, 5.41) is 10.7. The van der Waals surface area contributed by atoms with Crippen LogP contribution in [0.15, 0.2) is 53.5 Å². The van der Waals surface area contributed by atoms with Crippen molar-refractivity contribution in [3.63, 3.8) is 0 Å². The Bertz CT molecular complexity index is 1110. The molecule has 0 aliphatic carbocycles. The number of thiazole rings is 1. The Morgan fingerprint density at radius 1 is 1.29 bits per heavy atom. The highest BCUT2D eigenvalue weighted by atomic mass is 32.1. The maximum absolute atomic E-state index is 12.3. The number of hydrogen-bond acceptors (Lipinski definition) is 5. The minimum Gasteiger partial charge on any atom is -0.495 e. The molecule has 0 fully saturated rings. The molecule has 144 valence electrons. The summed E-state index contributed by atoms with van der Waals surface area (Å²) < 4.78 is 8.46. The van der Waals surface area contributed by atoms with Gasteiger partial charge in [0.2, 0.25) is 0 Å². The fourth-order valence-electron chi connectivity index (χ4n) is 2.78. The Morgan fingerprint density at radius 3 is 2.68 bits per heavy atom. The van der Waals surface area contributed by atoms with Crippen molar-refractivity contribution in [1.29, 1.82) is 0 Å². The van der Waals surface area contributed by atoms with Gasteiger partial charge in [0.05, 0.1) is 16.7 Å². The number of non-ortho nitro benzene ring substituents is 1. The number of benzene rings is 2. The molecule has 2 aromatic carbocycles. The van der Waals surface area contributed by atoms with Gasteiger partial charge < -0.3 is 9.30 Å². The van der Waals surface area contributed by atoms with Crippen molar-refractivity contribution in [1.82, 2.24) is 4.57 Å². The molecule has 28 heavy (non-hydrogen) atoms. The third kappa shape index (κ3) is 4.17. The number of ether oxygens (including phenoxy) is 1. The van der Waals surface area contributed by atoms with Crippen molar-refractivity contribution in [3.8, 4) is 5.75 Å². The van der Waals surface area contributed by atoms with Crippen molar-refractivity contribution >= 4 is 39.2 Å². The molecule has 3 rings (SSSR count). The summed E-state index contributed by atoms with van der Waals surface area (Å²) in [6.07, 6.45) is 3.84. The lowest BCUT2D eigenvalue weighted by Gasteiger charge is -2.06. The summed E-state index contributed by atoms with van der Waals surface area (Å²) in [5.41, 5.74) is 1.63. The minimum absolute atomic E-state index is 0.00740. The van der Waals surface area contributed by atoms with Gasteiger partial charge in [-0.25, -0.2) is 0 Å². The van der Waals surface area contributed by atoms with Gasteiger partial charge in [-0.1, -0.05) is 24.3 Å². The Morgan fingerprint density at radius 2 is 2.04 bits per heavy atom. The van der Waals surface area contributed by atoms with Crippen LogP contribution in [0.5, 0.6) is 5.75 Å². The minimum atomic E-state index is -0.462. The molecule has 0 aliphatic heterocycles. The van der Waals surface area contributed by atoms with Crippen LogP contribution in [0.25, 0.3) is 16.3 Å². The highest BCUT2D eigenvalue weighted by molar-refractivity contribution is 7.16. The van der Waals surface area contributed by atoms with E-state index in [1.165, 1.54) is 29.5 Å². The maximum Gasteiger partial charge on any atom is 0.272 e. The van der Waals surface area contributed by atoms with Gasteiger partial charge in [-0.15, -0.1) is 0 Å². The zero-order valence-electron chi connectivity index (χ0n) is 15.5. The molecule has 0 bridgehead atoms. The van der Waals surface area contributed by atoms with Gasteiger partial charge >= 0.3 is 0 Å². The summed E-state index contributed by atoms with van der Waals surface area (Å²) in [7, 11) is 1.62. The molecule has 0 N–H and O–H groups in total. The Hall–Kier alpha value is -3.26. The topological polar surface area (TPSA) is 86.7 Å². The average Bonchev–Trinajstić information content (AvgIpc) is 3.04. The Balaban J connectivity index is 1.93. The van der Waals surface area contributed by atoms with Gasteiger partial charge in [0, 0.05) is 24.8 Å². The molecule has 1 heterocycles. The van der Waals surface area contributed by atoms with Crippen LogP contribution >= 0.6 is 11.3 Å². The van der Waals surface area contributed by atoms with Gasteiger partial charge in [-0.3, -0.25) is 14.9 Å². The molecule has 0 unspecified atom stereocenters. The number of nitrogens with zero attached hydrogens (tertiary/aromatic N) is 3. The van der Waals surface area contributed by atoms with Crippen molar-refractivity contribution in [2.75, 3.05) is 7.11 Å². The highest BCUT2D eigenvalue weighted by Gasteiger charge is 2.11. The number of aromatic nitrogens is 1. The van der Waals surface area contributed by atoms with E-state index >= 15 is 0 Å². The van der Waals surface area contributed by atoms with Crippen LogP contribution in [-0.4, -0.2) is 22.5 Å². The zero-order valence-corrected chi connectivity index (χ0v) is 16.3. The number of hydrogen-bond donors (Lipinski definition) is 0. The van der Waals surface area contributed by atoms with Crippen LogP contribution in [0.2, 0.25) is 0 Å². The molecule has 3 aromatic rings. The summed E-state index contributed by atoms with van der Waals surface area (Å²) in [5.74, 6) is 0.353. The number of aryl methyl sites for hydroxylation is 1. The molecule has 0 spiro atoms. The standard InChI is InChI=1S/C20H19N3O4S/c1-3-13-22-19-16(27-2)5-4-6-17(19)28-20(22)21-18(24)12-9-14-7-10-15(11-8-14)23(25)26/h4-12H,3,13H2,1-2H3/b12-9+,21-20?. The lowest BCUT2D eigenvalue weighted by molar-refractivity contribution is -0.384. The SMILES string of the molecule is CCCn1c(=NC(=O)/C=C/c2ccc([N+](=O)[O-])cc2)sc2cccc(OC)c21. The lowest BCUT2D eigenvalue weighted by Crippen LogP contribution is -2.16. The number of carbonyl (C=O) groups is 1. The van der Waals surface area contributed by atoms with Crippen LogP contribution in [0.3, 0.4) is 0 Å². The summed E-state index contributed by atoms with van der Waals surface area (Å²) >= 11 is 1.44. The number of nitro benzene ring substituents is 1. The molecule has 0 saturated carbocycles. The van der Waals surface area contributed by atoms with Crippen molar-refractivity contribution in [3.05, 3.63) is 69.0 Å². The third-order valence-corrected chi connectivity index (χ3v) is 5.10. The molecule has 7 nitrogen and oxygen atoms in total. The summed E-state index contributed by atoms with van der Waals surface area (Å²) in [6.45, 7) is 2.78. The molecule has 1 amide bonds. The smallest absolute Gasteiger partial charge is 0.272 e. The molecule has 1 aromatic heterocycles. The molecule has 0 aliphatic rings. The predicted molar refractivity (Wildman–Crippen MR) is 109 cm³/mol. The van der Waals surface area contributed by atoms with Gasteiger partial charge in [-0.05, 0) is 42.3 Å². The number of carbonyl (C=O) groups excluding carboxylic acids is 1. The maximum atomic E-state index is 12.3. The number of methoxy groups -OCH3 is 1. The van der Waals surface area contributed by atoms with Crippen molar-refractivity contribution < 1.29 is 14.5 Å². The van der Waals surface area contributed by atoms with E-state index in [4.69, 9.17) is 4.74 Å². The number of fused-ring (bicyclic) bond motifs is 1. The normalized spacial score (nSPS) is 12.0. The first-order valence-electron chi connectivity index (χ1n) is 8.71. The first-order valence-corrected chi connectivity index (χ1v) is 9.52. The number of nitro groups is 1. The number of rotatable bonds is 6. The zero-order chi connectivity index (χ0) is 20.1.